The van der Waals surface area contributed by atoms with Crippen molar-refractivity contribution in [3.63, 3.8) is 0 Å². The Balaban J connectivity index is 1.95. The van der Waals surface area contributed by atoms with Gasteiger partial charge in [0.1, 0.15) is 12.4 Å². The molecule has 0 aliphatic carbocycles. The standard InChI is InChI=1S/C17H23N3O3/c1-17(2,3)13-5-7-14(8-6-13)23-10-9-20-16(12-22-4)15(11-21)18-19-20/h5-8,11H,9-10,12H2,1-4H3. The molecule has 0 aliphatic heterocycles. The number of hydrogen-bond acceptors (Lipinski definition) is 5. The third-order valence-electron chi connectivity index (χ3n) is 3.55. The summed E-state index contributed by atoms with van der Waals surface area (Å²) in [6, 6.07) is 8.08. The van der Waals surface area contributed by atoms with Gasteiger partial charge in [-0.05, 0) is 23.1 Å². The Labute approximate surface area is 136 Å². The molecule has 2 rings (SSSR count). The number of aromatic nitrogens is 3. The van der Waals surface area contributed by atoms with Crippen LogP contribution in [0, 0.1) is 0 Å². The number of aldehydes is 1. The van der Waals surface area contributed by atoms with Crippen molar-refractivity contribution in [3.8, 4) is 5.75 Å². The van der Waals surface area contributed by atoms with Gasteiger partial charge in [-0.2, -0.15) is 0 Å². The van der Waals surface area contributed by atoms with Crippen LogP contribution in [0.1, 0.15) is 42.5 Å². The molecule has 0 aliphatic rings. The molecule has 0 radical (unpaired) electrons. The lowest BCUT2D eigenvalue weighted by Crippen LogP contribution is -2.14. The SMILES string of the molecule is COCc1c(C=O)nnn1CCOc1ccc(C(C)(C)C)cc1. The maximum atomic E-state index is 10.9. The molecule has 2 aromatic rings. The van der Waals surface area contributed by atoms with Crippen molar-refractivity contribution in [1.29, 1.82) is 0 Å². The monoisotopic (exact) mass is 317 g/mol. The third kappa shape index (κ3) is 4.39. The Morgan fingerprint density at radius 3 is 2.48 bits per heavy atom. The van der Waals surface area contributed by atoms with Crippen molar-refractivity contribution in [2.24, 2.45) is 0 Å². The molecule has 1 aromatic heterocycles. The van der Waals surface area contributed by atoms with E-state index in [0.29, 0.717) is 37.4 Å². The number of hydrogen-bond donors (Lipinski definition) is 0. The van der Waals surface area contributed by atoms with Gasteiger partial charge in [0.25, 0.3) is 0 Å². The molecule has 1 aromatic carbocycles. The first-order chi connectivity index (χ1) is 11.0. The maximum absolute atomic E-state index is 10.9. The highest BCUT2D eigenvalue weighted by atomic mass is 16.5. The Kier molecular flexibility index (Phi) is 5.50. The fourth-order valence-corrected chi connectivity index (χ4v) is 2.20. The summed E-state index contributed by atoms with van der Waals surface area (Å²) in [5.74, 6) is 0.807. The van der Waals surface area contributed by atoms with Crippen LogP contribution >= 0.6 is 0 Å². The van der Waals surface area contributed by atoms with E-state index in [1.54, 1.807) is 11.8 Å². The zero-order chi connectivity index (χ0) is 16.9. The fraction of sp³-hybridized carbons (Fsp3) is 0.471. The van der Waals surface area contributed by atoms with Gasteiger partial charge >= 0.3 is 0 Å². The lowest BCUT2D eigenvalue weighted by molar-refractivity contribution is 0.111. The molecule has 0 saturated heterocycles. The molecule has 0 amide bonds. The zero-order valence-corrected chi connectivity index (χ0v) is 14.1. The van der Waals surface area contributed by atoms with Gasteiger partial charge in [-0.25, -0.2) is 4.68 Å². The van der Waals surface area contributed by atoms with Crippen LogP contribution in [0.25, 0.3) is 0 Å². The molecule has 6 nitrogen and oxygen atoms in total. The first-order valence-corrected chi connectivity index (χ1v) is 7.55. The van der Waals surface area contributed by atoms with E-state index in [-0.39, 0.29) is 5.41 Å². The topological polar surface area (TPSA) is 66.2 Å². The van der Waals surface area contributed by atoms with Crippen LogP contribution in [-0.4, -0.2) is 35.0 Å². The number of carbonyl (C=O) groups excluding carboxylic acids is 1. The second kappa shape index (κ2) is 7.37. The quantitative estimate of drug-likeness (QED) is 0.734. The molecule has 0 unspecified atom stereocenters. The Morgan fingerprint density at radius 1 is 1.22 bits per heavy atom. The van der Waals surface area contributed by atoms with E-state index in [1.807, 2.05) is 12.1 Å². The lowest BCUT2D eigenvalue weighted by atomic mass is 9.87. The maximum Gasteiger partial charge on any atom is 0.172 e. The summed E-state index contributed by atoms with van der Waals surface area (Å²) in [5, 5.41) is 7.79. The van der Waals surface area contributed by atoms with Gasteiger partial charge in [0, 0.05) is 7.11 Å². The molecule has 0 spiro atoms. The van der Waals surface area contributed by atoms with E-state index in [9.17, 15) is 4.79 Å². The van der Waals surface area contributed by atoms with Crippen LogP contribution in [0.3, 0.4) is 0 Å². The molecule has 0 saturated carbocycles. The van der Waals surface area contributed by atoms with Crippen molar-refractivity contribution in [1.82, 2.24) is 15.0 Å². The van der Waals surface area contributed by atoms with E-state index >= 15 is 0 Å². The van der Waals surface area contributed by atoms with Crippen molar-refractivity contribution in [2.75, 3.05) is 13.7 Å². The fourth-order valence-electron chi connectivity index (χ4n) is 2.20. The zero-order valence-electron chi connectivity index (χ0n) is 14.1. The lowest BCUT2D eigenvalue weighted by Gasteiger charge is -2.19. The molecule has 0 bridgehead atoms. The molecular formula is C17H23N3O3. The minimum Gasteiger partial charge on any atom is -0.492 e. The first kappa shape index (κ1) is 17.1. The third-order valence-corrected chi connectivity index (χ3v) is 3.55. The molecule has 1 heterocycles. The number of methoxy groups -OCH3 is 1. The van der Waals surface area contributed by atoms with Crippen molar-refractivity contribution in [3.05, 3.63) is 41.2 Å². The number of ether oxygens (including phenoxy) is 2. The molecule has 6 heteroatoms. The predicted octanol–water partition coefficient (Wildman–Crippen LogP) is 2.61. The van der Waals surface area contributed by atoms with Gasteiger partial charge in [-0.3, -0.25) is 4.79 Å². The molecule has 0 N–H and O–H groups in total. The Hall–Kier alpha value is -2.21. The van der Waals surface area contributed by atoms with Gasteiger partial charge in [0.15, 0.2) is 12.0 Å². The Morgan fingerprint density at radius 2 is 1.91 bits per heavy atom. The normalized spacial score (nSPS) is 11.5. The van der Waals surface area contributed by atoms with Gasteiger partial charge in [-0.15, -0.1) is 5.10 Å². The van der Waals surface area contributed by atoms with Crippen molar-refractivity contribution >= 4 is 6.29 Å². The second-order valence-electron chi connectivity index (χ2n) is 6.32. The van der Waals surface area contributed by atoms with Crippen LogP contribution < -0.4 is 4.74 Å². The van der Waals surface area contributed by atoms with Gasteiger partial charge < -0.3 is 9.47 Å². The minimum absolute atomic E-state index is 0.125. The van der Waals surface area contributed by atoms with E-state index in [1.165, 1.54) is 5.56 Å². The summed E-state index contributed by atoms with van der Waals surface area (Å²) in [5.41, 5.74) is 2.36. The smallest absolute Gasteiger partial charge is 0.172 e. The van der Waals surface area contributed by atoms with Gasteiger partial charge in [0.2, 0.25) is 0 Å². The first-order valence-electron chi connectivity index (χ1n) is 7.55. The average molecular weight is 317 g/mol. The van der Waals surface area contributed by atoms with Crippen LogP contribution in [0.2, 0.25) is 0 Å². The van der Waals surface area contributed by atoms with E-state index < -0.39 is 0 Å². The summed E-state index contributed by atoms with van der Waals surface area (Å²) in [6.07, 6.45) is 0.684. The number of benzene rings is 1. The molecule has 0 atom stereocenters. The highest BCUT2D eigenvalue weighted by molar-refractivity contribution is 5.73. The number of carbonyl (C=O) groups is 1. The molecule has 0 fully saturated rings. The van der Waals surface area contributed by atoms with E-state index in [4.69, 9.17) is 9.47 Å². The van der Waals surface area contributed by atoms with Crippen LogP contribution in [0.15, 0.2) is 24.3 Å². The summed E-state index contributed by atoms with van der Waals surface area (Å²) >= 11 is 0. The summed E-state index contributed by atoms with van der Waals surface area (Å²) in [7, 11) is 1.57. The van der Waals surface area contributed by atoms with E-state index in [0.717, 1.165) is 5.75 Å². The largest absolute Gasteiger partial charge is 0.492 e. The average Bonchev–Trinajstić information content (AvgIpc) is 2.90. The highest BCUT2D eigenvalue weighted by Gasteiger charge is 2.14. The predicted molar refractivity (Wildman–Crippen MR) is 86.8 cm³/mol. The van der Waals surface area contributed by atoms with E-state index in [2.05, 4.69) is 43.2 Å². The number of nitrogens with zero attached hydrogens (tertiary/aromatic N) is 3. The summed E-state index contributed by atoms with van der Waals surface area (Å²) in [6.45, 7) is 7.76. The number of rotatable bonds is 7. The summed E-state index contributed by atoms with van der Waals surface area (Å²) < 4.78 is 12.5. The van der Waals surface area contributed by atoms with Crippen molar-refractivity contribution in [2.45, 2.75) is 39.3 Å². The molecular weight excluding hydrogens is 294 g/mol. The van der Waals surface area contributed by atoms with Crippen molar-refractivity contribution < 1.29 is 14.3 Å². The van der Waals surface area contributed by atoms with Crippen LogP contribution in [0.4, 0.5) is 0 Å². The Bertz CT molecular complexity index is 642. The summed E-state index contributed by atoms with van der Waals surface area (Å²) in [4.78, 5) is 10.9. The van der Waals surface area contributed by atoms with Crippen LogP contribution in [0.5, 0.6) is 5.75 Å². The molecule has 23 heavy (non-hydrogen) atoms. The van der Waals surface area contributed by atoms with Gasteiger partial charge in [-0.1, -0.05) is 38.1 Å². The van der Waals surface area contributed by atoms with Crippen LogP contribution in [-0.2, 0) is 23.3 Å². The second-order valence-corrected chi connectivity index (χ2v) is 6.32. The minimum atomic E-state index is 0.125. The molecule has 124 valence electrons. The van der Waals surface area contributed by atoms with Gasteiger partial charge in [0.05, 0.1) is 18.8 Å². The highest BCUT2D eigenvalue weighted by Crippen LogP contribution is 2.24.